The van der Waals surface area contributed by atoms with E-state index in [4.69, 9.17) is 18.5 Å². The monoisotopic (exact) mass is 1090 g/mol. The van der Waals surface area contributed by atoms with E-state index in [0.717, 1.165) is 57.8 Å². The topological polar surface area (TPSA) is 111 Å². The molecule has 0 aromatic rings. The van der Waals surface area contributed by atoms with Gasteiger partial charge in [0.1, 0.15) is 19.8 Å². The summed E-state index contributed by atoms with van der Waals surface area (Å²) in [4.78, 5) is 38.0. The molecule has 10 heteroatoms. The normalized spacial score (nSPS) is 13.4. The summed E-state index contributed by atoms with van der Waals surface area (Å²) in [6.45, 7) is 4.28. The lowest BCUT2D eigenvalue weighted by Crippen LogP contribution is -2.37. The highest BCUT2D eigenvalue weighted by Gasteiger charge is 2.22. The molecule has 0 heterocycles. The van der Waals surface area contributed by atoms with Crippen molar-refractivity contribution in [1.29, 1.82) is 0 Å². The van der Waals surface area contributed by atoms with Crippen LogP contribution in [0.4, 0.5) is 0 Å². The van der Waals surface area contributed by atoms with Crippen LogP contribution in [0.25, 0.3) is 0 Å². The summed E-state index contributed by atoms with van der Waals surface area (Å²) in [7, 11) is 1.18. The fourth-order valence-corrected chi connectivity index (χ4v) is 10.3. The SMILES string of the molecule is CCCCCCC/C=C\C/C=C\C/C=C\CCCCCCCCCCCCC(=O)OC(COC(=O)CCCCCCCCCCCCCCCCCCCCCCCCCCCCC)COP(=O)([O-])OCC[N+](C)(C)C. The first-order chi connectivity index (χ1) is 37.0. The second-order valence-corrected chi connectivity index (χ2v) is 24.9. The van der Waals surface area contributed by atoms with Crippen LogP contribution in [0.2, 0.25) is 0 Å². The zero-order valence-electron chi connectivity index (χ0n) is 51.0. The molecule has 2 atom stereocenters. The molecule has 0 saturated heterocycles. The first-order valence-electron chi connectivity index (χ1n) is 32.7. The molecule has 0 N–H and O–H groups in total. The molecule has 0 aliphatic heterocycles. The summed E-state index contributed by atoms with van der Waals surface area (Å²) in [6.07, 6.45) is 72.1. The molecular formula is C66H126NO8P. The van der Waals surface area contributed by atoms with Gasteiger partial charge in [0.05, 0.1) is 27.7 Å². The number of carbonyl (C=O) groups is 2. The first kappa shape index (κ1) is 74.2. The molecule has 0 spiro atoms. The zero-order chi connectivity index (χ0) is 55.6. The molecule has 448 valence electrons. The predicted octanol–water partition coefficient (Wildman–Crippen LogP) is 20.1. The van der Waals surface area contributed by atoms with Crippen molar-refractivity contribution in [3.05, 3.63) is 36.5 Å². The molecule has 0 aliphatic carbocycles. The number of nitrogens with zero attached hydrogens (tertiary/aromatic N) is 1. The Kier molecular flexibility index (Phi) is 56.6. The molecule has 0 amide bonds. The maximum Gasteiger partial charge on any atom is 0.306 e. The third-order valence-electron chi connectivity index (χ3n) is 14.7. The van der Waals surface area contributed by atoms with Crippen molar-refractivity contribution < 1.29 is 42.1 Å². The van der Waals surface area contributed by atoms with E-state index in [1.54, 1.807) is 0 Å². The molecule has 2 unspecified atom stereocenters. The van der Waals surface area contributed by atoms with Crippen LogP contribution >= 0.6 is 7.82 Å². The fraction of sp³-hybridized carbons (Fsp3) is 0.879. The molecule has 9 nitrogen and oxygen atoms in total. The van der Waals surface area contributed by atoms with Crippen LogP contribution in [-0.4, -0.2) is 70.0 Å². The number of esters is 2. The summed E-state index contributed by atoms with van der Waals surface area (Å²) in [5.41, 5.74) is 0. The molecule has 0 bridgehead atoms. The number of quaternary nitrogens is 1. The van der Waals surface area contributed by atoms with Crippen molar-refractivity contribution in [1.82, 2.24) is 0 Å². The molecule has 0 fully saturated rings. The molecule has 0 radical (unpaired) electrons. The molecular weight excluding hydrogens is 966 g/mol. The van der Waals surface area contributed by atoms with Crippen molar-refractivity contribution in [2.45, 2.75) is 328 Å². The van der Waals surface area contributed by atoms with Crippen LogP contribution < -0.4 is 4.89 Å². The highest BCUT2D eigenvalue weighted by molar-refractivity contribution is 7.45. The number of hydrogen-bond donors (Lipinski definition) is 0. The third kappa shape index (κ3) is 61.4. The van der Waals surface area contributed by atoms with Gasteiger partial charge in [0.25, 0.3) is 7.82 Å². The van der Waals surface area contributed by atoms with Crippen LogP contribution in [0.1, 0.15) is 322 Å². The van der Waals surface area contributed by atoms with E-state index in [2.05, 4.69) is 50.3 Å². The Bertz CT molecular complexity index is 1380. The van der Waals surface area contributed by atoms with E-state index in [1.165, 1.54) is 231 Å². The van der Waals surface area contributed by atoms with Crippen molar-refractivity contribution >= 4 is 19.8 Å². The molecule has 0 rings (SSSR count). The second kappa shape index (κ2) is 57.9. The van der Waals surface area contributed by atoms with Crippen molar-refractivity contribution in [3.8, 4) is 0 Å². The van der Waals surface area contributed by atoms with E-state index in [1.807, 2.05) is 21.1 Å². The Labute approximate surface area is 471 Å². The molecule has 0 aromatic carbocycles. The van der Waals surface area contributed by atoms with Gasteiger partial charge in [-0.25, -0.2) is 0 Å². The maximum absolute atomic E-state index is 12.8. The summed E-state index contributed by atoms with van der Waals surface area (Å²) in [6, 6.07) is 0. The van der Waals surface area contributed by atoms with E-state index < -0.39 is 26.5 Å². The van der Waals surface area contributed by atoms with Crippen LogP contribution in [0.15, 0.2) is 36.5 Å². The van der Waals surface area contributed by atoms with Gasteiger partial charge in [-0.3, -0.25) is 14.2 Å². The Hall–Kier alpha value is -1.77. The maximum atomic E-state index is 12.8. The molecule has 0 aromatic heterocycles. The highest BCUT2D eigenvalue weighted by atomic mass is 31.2. The summed E-state index contributed by atoms with van der Waals surface area (Å²) in [5.74, 6) is -0.821. The van der Waals surface area contributed by atoms with Gasteiger partial charge in [-0.2, -0.15) is 0 Å². The molecule has 0 saturated carbocycles. The largest absolute Gasteiger partial charge is 0.756 e. The summed E-state index contributed by atoms with van der Waals surface area (Å²) < 4.78 is 34.3. The van der Waals surface area contributed by atoms with Gasteiger partial charge >= 0.3 is 11.9 Å². The van der Waals surface area contributed by atoms with Crippen LogP contribution in [0, 0.1) is 0 Å². The number of likely N-dealkylation sites (N-methyl/N-ethyl adjacent to an activating group) is 1. The van der Waals surface area contributed by atoms with Crippen LogP contribution in [0.5, 0.6) is 0 Å². The van der Waals surface area contributed by atoms with Crippen molar-refractivity contribution in [2.24, 2.45) is 0 Å². The van der Waals surface area contributed by atoms with Gasteiger partial charge in [0, 0.05) is 12.8 Å². The lowest BCUT2D eigenvalue weighted by Gasteiger charge is -2.28. The Balaban J connectivity index is 4.07. The predicted molar refractivity (Wildman–Crippen MR) is 324 cm³/mol. The Morgan fingerprint density at radius 1 is 0.408 bits per heavy atom. The van der Waals surface area contributed by atoms with Crippen LogP contribution in [-0.2, 0) is 32.7 Å². The van der Waals surface area contributed by atoms with Crippen molar-refractivity contribution in [2.75, 3.05) is 47.5 Å². The van der Waals surface area contributed by atoms with E-state index >= 15 is 0 Å². The number of phosphoric ester groups is 1. The summed E-state index contributed by atoms with van der Waals surface area (Å²) in [5, 5.41) is 0. The van der Waals surface area contributed by atoms with Crippen LogP contribution in [0.3, 0.4) is 0 Å². The number of phosphoric acid groups is 1. The minimum atomic E-state index is -4.64. The van der Waals surface area contributed by atoms with E-state index in [0.29, 0.717) is 17.4 Å². The fourth-order valence-electron chi connectivity index (χ4n) is 9.61. The number of allylic oxidation sites excluding steroid dienone is 6. The highest BCUT2D eigenvalue weighted by Crippen LogP contribution is 2.38. The van der Waals surface area contributed by atoms with Gasteiger partial charge in [-0.15, -0.1) is 0 Å². The number of carbonyl (C=O) groups excluding carboxylic acids is 2. The van der Waals surface area contributed by atoms with Gasteiger partial charge < -0.3 is 27.9 Å². The Morgan fingerprint density at radius 2 is 0.711 bits per heavy atom. The second-order valence-electron chi connectivity index (χ2n) is 23.5. The number of ether oxygens (including phenoxy) is 2. The lowest BCUT2D eigenvalue weighted by molar-refractivity contribution is -0.870. The average molecular weight is 1090 g/mol. The van der Waals surface area contributed by atoms with Gasteiger partial charge in [-0.1, -0.05) is 294 Å². The third-order valence-corrected chi connectivity index (χ3v) is 15.6. The Morgan fingerprint density at radius 3 is 1.05 bits per heavy atom. The minimum absolute atomic E-state index is 0.0300. The van der Waals surface area contributed by atoms with Gasteiger partial charge in [0.15, 0.2) is 6.10 Å². The standard InChI is InChI=1S/C66H126NO8P/c1-6-8-10-12-14-16-18-20-22-24-26-28-30-32-33-35-36-38-40-42-44-46-48-50-52-54-56-58-65(68)72-62-64(63-74-76(70,71)73-61-60-67(3,4)5)75-66(69)59-57-55-53-51-49-47-45-43-41-39-37-34-31-29-27-25-23-21-19-17-15-13-11-9-7-2/h19,21,25,27,31,34,64H,6-18,20,22-24,26,28-30,32-33,35-63H2,1-5H3/b21-19-,27-25-,34-31-. The quantitative estimate of drug-likeness (QED) is 0.0195. The van der Waals surface area contributed by atoms with Gasteiger partial charge in [0.2, 0.25) is 0 Å². The zero-order valence-corrected chi connectivity index (χ0v) is 51.9. The van der Waals surface area contributed by atoms with Gasteiger partial charge in [-0.05, 0) is 51.4 Å². The number of unbranched alkanes of at least 4 members (excludes halogenated alkanes) is 41. The average Bonchev–Trinajstić information content (AvgIpc) is 3.38. The summed E-state index contributed by atoms with van der Waals surface area (Å²) >= 11 is 0. The van der Waals surface area contributed by atoms with E-state index in [9.17, 15) is 19.0 Å². The number of rotatable bonds is 61. The van der Waals surface area contributed by atoms with E-state index in [-0.39, 0.29) is 32.0 Å². The molecule has 76 heavy (non-hydrogen) atoms. The minimum Gasteiger partial charge on any atom is -0.756 e. The first-order valence-corrected chi connectivity index (χ1v) is 34.2. The number of hydrogen-bond acceptors (Lipinski definition) is 8. The molecule has 0 aliphatic rings. The smallest absolute Gasteiger partial charge is 0.306 e. The van der Waals surface area contributed by atoms with Crippen molar-refractivity contribution in [3.63, 3.8) is 0 Å². The lowest BCUT2D eigenvalue weighted by atomic mass is 10.0.